The molecule has 0 aliphatic heterocycles. The molecule has 0 saturated carbocycles. The molecule has 0 spiro atoms. The summed E-state index contributed by atoms with van der Waals surface area (Å²) in [7, 11) is 0. The topological polar surface area (TPSA) is 109 Å². The van der Waals surface area contributed by atoms with E-state index in [0.717, 1.165) is 11.3 Å². The molecular weight excluding hydrogens is 330 g/mol. The maximum absolute atomic E-state index is 6.12. The van der Waals surface area contributed by atoms with Crippen LogP contribution < -0.4 is 5.73 Å². The van der Waals surface area contributed by atoms with Crippen LogP contribution in [-0.4, -0.2) is 30.1 Å². The molecule has 2 N–H and O–H groups in total. The van der Waals surface area contributed by atoms with Crippen LogP contribution in [0, 0.1) is 0 Å². The van der Waals surface area contributed by atoms with Gasteiger partial charge in [0.1, 0.15) is 0 Å². The number of nitrogen functional groups attached to an aromatic ring is 1. The van der Waals surface area contributed by atoms with Crippen molar-refractivity contribution >= 4 is 17.4 Å². The zero-order valence-corrected chi connectivity index (χ0v) is 12.9. The number of aromatic nitrogens is 6. The average Bonchev–Trinajstić information content (AvgIpc) is 3.23. The van der Waals surface area contributed by atoms with E-state index in [9.17, 15) is 0 Å². The fourth-order valence-electron chi connectivity index (χ4n) is 2.15. The van der Waals surface area contributed by atoms with Crippen LogP contribution in [0.1, 0.15) is 0 Å². The Kier molecular flexibility index (Phi) is 3.43. The van der Waals surface area contributed by atoms with Gasteiger partial charge in [-0.1, -0.05) is 22.0 Å². The lowest BCUT2D eigenvalue weighted by Crippen LogP contribution is -2.02. The first-order valence-corrected chi connectivity index (χ1v) is 7.32. The SMILES string of the molecule is Nc1c(-c2nc(-c3ccncc3)no2)nnn1-c1ccc(Cl)cc1. The van der Waals surface area contributed by atoms with Crippen LogP contribution in [0.5, 0.6) is 0 Å². The number of benzene rings is 1. The third kappa shape index (κ3) is 2.48. The molecule has 0 aliphatic carbocycles. The molecule has 3 heterocycles. The van der Waals surface area contributed by atoms with Crippen LogP contribution in [0.3, 0.4) is 0 Å². The van der Waals surface area contributed by atoms with Gasteiger partial charge in [0.25, 0.3) is 5.89 Å². The third-order valence-electron chi connectivity index (χ3n) is 3.34. The van der Waals surface area contributed by atoms with Crippen LogP contribution in [0.4, 0.5) is 5.82 Å². The summed E-state index contributed by atoms with van der Waals surface area (Å²) in [4.78, 5) is 8.26. The molecule has 0 amide bonds. The molecule has 0 atom stereocenters. The van der Waals surface area contributed by atoms with E-state index >= 15 is 0 Å². The van der Waals surface area contributed by atoms with E-state index in [1.807, 2.05) is 0 Å². The molecule has 4 rings (SSSR count). The van der Waals surface area contributed by atoms with Crippen molar-refractivity contribution in [2.45, 2.75) is 0 Å². The molecule has 24 heavy (non-hydrogen) atoms. The Labute approximate surface area is 140 Å². The zero-order chi connectivity index (χ0) is 16.5. The Morgan fingerprint density at radius 3 is 2.54 bits per heavy atom. The molecule has 0 bridgehead atoms. The number of hydrogen-bond acceptors (Lipinski definition) is 7. The second-order valence-electron chi connectivity index (χ2n) is 4.87. The van der Waals surface area contributed by atoms with Crippen molar-refractivity contribution in [2.24, 2.45) is 0 Å². The average molecular weight is 340 g/mol. The molecule has 118 valence electrons. The standard InChI is InChI=1S/C15H10ClN7O/c16-10-1-3-11(4-2-10)23-13(17)12(20-22-23)15-19-14(21-24-15)9-5-7-18-8-6-9/h1-8H,17H2. The van der Waals surface area contributed by atoms with Crippen LogP contribution in [0.25, 0.3) is 28.7 Å². The van der Waals surface area contributed by atoms with E-state index in [-0.39, 0.29) is 5.89 Å². The molecule has 8 nitrogen and oxygen atoms in total. The Balaban J connectivity index is 1.71. The van der Waals surface area contributed by atoms with Gasteiger partial charge in [0, 0.05) is 23.0 Å². The minimum Gasteiger partial charge on any atom is -0.382 e. The van der Waals surface area contributed by atoms with Gasteiger partial charge in [-0.15, -0.1) is 5.10 Å². The lowest BCUT2D eigenvalue weighted by Gasteiger charge is -2.02. The van der Waals surface area contributed by atoms with Crippen molar-refractivity contribution < 1.29 is 4.52 Å². The lowest BCUT2D eigenvalue weighted by atomic mass is 10.2. The fraction of sp³-hybridized carbons (Fsp3) is 0. The first-order chi connectivity index (χ1) is 11.7. The van der Waals surface area contributed by atoms with Crippen LogP contribution in [-0.2, 0) is 0 Å². The van der Waals surface area contributed by atoms with E-state index in [1.165, 1.54) is 4.68 Å². The normalized spacial score (nSPS) is 10.9. The van der Waals surface area contributed by atoms with E-state index < -0.39 is 0 Å². The summed E-state index contributed by atoms with van der Waals surface area (Å²) in [5.74, 6) is 0.912. The van der Waals surface area contributed by atoms with E-state index in [0.29, 0.717) is 22.4 Å². The van der Waals surface area contributed by atoms with Gasteiger partial charge in [-0.3, -0.25) is 4.98 Å². The number of halogens is 1. The molecule has 0 unspecified atom stereocenters. The minimum atomic E-state index is 0.194. The minimum absolute atomic E-state index is 0.194. The number of nitrogens with zero attached hydrogens (tertiary/aromatic N) is 6. The van der Waals surface area contributed by atoms with Gasteiger partial charge >= 0.3 is 0 Å². The predicted molar refractivity (Wildman–Crippen MR) is 87.3 cm³/mol. The van der Waals surface area contributed by atoms with Crippen molar-refractivity contribution in [1.29, 1.82) is 0 Å². The van der Waals surface area contributed by atoms with Gasteiger partial charge in [-0.05, 0) is 36.4 Å². The summed E-state index contributed by atoms with van der Waals surface area (Å²) in [6.07, 6.45) is 3.30. The molecule has 0 saturated heterocycles. The number of nitrogens with two attached hydrogens (primary N) is 1. The summed E-state index contributed by atoms with van der Waals surface area (Å²) in [5, 5.41) is 12.6. The maximum Gasteiger partial charge on any atom is 0.282 e. The van der Waals surface area contributed by atoms with Crippen molar-refractivity contribution in [1.82, 2.24) is 30.1 Å². The van der Waals surface area contributed by atoms with E-state index in [1.54, 1.807) is 48.8 Å². The van der Waals surface area contributed by atoms with Crippen LogP contribution >= 0.6 is 11.6 Å². The predicted octanol–water partition coefficient (Wildman–Crippen LogP) is 2.61. The van der Waals surface area contributed by atoms with Crippen LogP contribution in [0.15, 0.2) is 53.3 Å². The monoisotopic (exact) mass is 339 g/mol. The smallest absolute Gasteiger partial charge is 0.282 e. The molecule has 3 aromatic heterocycles. The van der Waals surface area contributed by atoms with Gasteiger partial charge in [-0.25, -0.2) is 0 Å². The van der Waals surface area contributed by atoms with Crippen molar-refractivity contribution in [3.63, 3.8) is 0 Å². The summed E-state index contributed by atoms with van der Waals surface area (Å²) in [6, 6.07) is 10.6. The summed E-state index contributed by atoms with van der Waals surface area (Å²) in [6.45, 7) is 0. The molecular formula is C15H10ClN7O. The molecule has 9 heteroatoms. The van der Waals surface area contributed by atoms with Gasteiger partial charge in [0.2, 0.25) is 5.82 Å². The van der Waals surface area contributed by atoms with Gasteiger partial charge < -0.3 is 10.3 Å². The molecule has 0 fully saturated rings. The summed E-state index contributed by atoms with van der Waals surface area (Å²) in [5.41, 5.74) is 7.95. The molecule has 4 aromatic rings. The zero-order valence-electron chi connectivity index (χ0n) is 12.2. The molecule has 1 aromatic carbocycles. The second kappa shape index (κ2) is 5.74. The highest BCUT2D eigenvalue weighted by Gasteiger charge is 2.19. The first kappa shape index (κ1) is 14.3. The fourth-order valence-corrected chi connectivity index (χ4v) is 2.28. The highest BCUT2D eigenvalue weighted by molar-refractivity contribution is 6.30. The summed E-state index contributed by atoms with van der Waals surface area (Å²) >= 11 is 5.89. The Morgan fingerprint density at radius 2 is 1.79 bits per heavy atom. The lowest BCUT2D eigenvalue weighted by molar-refractivity contribution is 0.431. The number of pyridine rings is 1. The maximum atomic E-state index is 6.12. The molecule has 0 radical (unpaired) electrons. The first-order valence-electron chi connectivity index (χ1n) is 6.94. The highest BCUT2D eigenvalue weighted by atomic mass is 35.5. The quantitative estimate of drug-likeness (QED) is 0.611. The number of rotatable bonds is 3. The van der Waals surface area contributed by atoms with Crippen molar-refractivity contribution in [2.75, 3.05) is 5.73 Å². The van der Waals surface area contributed by atoms with Crippen molar-refractivity contribution in [3.8, 4) is 28.7 Å². The number of anilines is 1. The van der Waals surface area contributed by atoms with Gasteiger partial charge in [0.15, 0.2) is 11.5 Å². The van der Waals surface area contributed by atoms with Gasteiger partial charge in [-0.2, -0.15) is 9.67 Å². The third-order valence-corrected chi connectivity index (χ3v) is 3.60. The van der Waals surface area contributed by atoms with Crippen molar-refractivity contribution in [3.05, 3.63) is 53.8 Å². The Hall–Kier alpha value is -3.26. The molecule has 0 aliphatic rings. The van der Waals surface area contributed by atoms with Gasteiger partial charge in [0.05, 0.1) is 5.69 Å². The second-order valence-corrected chi connectivity index (χ2v) is 5.31. The van der Waals surface area contributed by atoms with E-state index in [4.69, 9.17) is 21.9 Å². The van der Waals surface area contributed by atoms with E-state index in [2.05, 4.69) is 25.4 Å². The summed E-state index contributed by atoms with van der Waals surface area (Å²) < 4.78 is 6.73. The Bertz CT molecular complexity index is 979. The Morgan fingerprint density at radius 1 is 1.04 bits per heavy atom. The van der Waals surface area contributed by atoms with Crippen LogP contribution in [0.2, 0.25) is 5.02 Å². The highest BCUT2D eigenvalue weighted by Crippen LogP contribution is 2.26. The largest absolute Gasteiger partial charge is 0.382 e. The number of hydrogen-bond donors (Lipinski definition) is 1.